The number of hydrogen-bond acceptors (Lipinski definition) is 6. The van der Waals surface area contributed by atoms with Crippen molar-refractivity contribution >= 4 is 17.1 Å². The molecule has 1 aliphatic rings. The average molecular weight is 301 g/mol. The summed E-state index contributed by atoms with van der Waals surface area (Å²) in [4.78, 5) is 23.8. The van der Waals surface area contributed by atoms with Gasteiger partial charge in [-0.05, 0) is 6.92 Å². The van der Waals surface area contributed by atoms with Crippen molar-refractivity contribution in [2.24, 2.45) is 7.05 Å². The highest BCUT2D eigenvalue weighted by Gasteiger charge is 2.22. The quantitative estimate of drug-likeness (QED) is 0.831. The first-order valence-electron chi connectivity index (χ1n) is 7.46. The Bertz CT molecular complexity index is 792. The van der Waals surface area contributed by atoms with Crippen molar-refractivity contribution < 1.29 is 0 Å². The van der Waals surface area contributed by atoms with E-state index in [2.05, 4.69) is 20.2 Å². The Kier molecular flexibility index (Phi) is 3.81. The van der Waals surface area contributed by atoms with Gasteiger partial charge in [0, 0.05) is 39.8 Å². The largest absolute Gasteiger partial charge is 0.340 e. The number of nitrogens with zero attached hydrogens (tertiary/aromatic N) is 6. The van der Waals surface area contributed by atoms with Crippen LogP contribution in [-0.4, -0.2) is 45.3 Å². The van der Waals surface area contributed by atoms with Crippen LogP contribution < -0.4 is 15.8 Å². The maximum Gasteiger partial charge on any atom is 0.279 e. The van der Waals surface area contributed by atoms with E-state index in [1.54, 1.807) is 7.05 Å². The highest BCUT2D eigenvalue weighted by molar-refractivity contribution is 5.74. The van der Waals surface area contributed by atoms with Crippen LogP contribution in [0.3, 0.4) is 0 Å². The Morgan fingerprint density at radius 3 is 2.68 bits per heavy atom. The Balaban J connectivity index is 2.21. The van der Waals surface area contributed by atoms with Crippen molar-refractivity contribution in [2.75, 3.05) is 31.1 Å². The Hall–Kier alpha value is -2.40. The van der Waals surface area contributed by atoms with E-state index in [0.717, 1.165) is 32.1 Å². The monoisotopic (exact) mass is 301 g/mol. The van der Waals surface area contributed by atoms with Crippen LogP contribution in [0, 0.1) is 11.3 Å². The summed E-state index contributed by atoms with van der Waals surface area (Å²) in [6.07, 6.45) is 0.101. The van der Waals surface area contributed by atoms with E-state index >= 15 is 0 Å². The van der Waals surface area contributed by atoms with E-state index in [1.165, 1.54) is 4.57 Å². The fraction of sp³-hybridized carbons (Fsp3) is 0.571. The van der Waals surface area contributed by atoms with E-state index in [4.69, 9.17) is 5.26 Å². The van der Waals surface area contributed by atoms with Gasteiger partial charge in [-0.3, -0.25) is 9.36 Å². The Labute approximate surface area is 128 Å². The molecule has 116 valence electrons. The van der Waals surface area contributed by atoms with Gasteiger partial charge in [-0.25, -0.2) is 4.98 Å². The first-order valence-corrected chi connectivity index (χ1v) is 7.46. The maximum atomic E-state index is 12.6. The van der Waals surface area contributed by atoms with E-state index < -0.39 is 0 Å². The molecule has 0 spiro atoms. The summed E-state index contributed by atoms with van der Waals surface area (Å²) in [6.45, 7) is 6.17. The predicted octanol–water partition coefficient (Wildman–Crippen LogP) is -0.374. The number of anilines is 1. The first kappa shape index (κ1) is 14.5. The standard InChI is InChI=1S/C14H19N7O/c1-3-21-11-12(17-10(4-5-15)19(2)13(11)22)18-14(21)20-8-6-16-7-9-20/h16H,3-4,6-9H2,1-2H3. The van der Waals surface area contributed by atoms with E-state index in [1.807, 2.05) is 17.6 Å². The minimum absolute atomic E-state index is 0.101. The van der Waals surface area contributed by atoms with E-state index in [0.29, 0.717) is 23.5 Å². The van der Waals surface area contributed by atoms with Crippen LogP contribution in [0.15, 0.2) is 4.79 Å². The number of nitrogens with one attached hydrogen (secondary N) is 1. The van der Waals surface area contributed by atoms with Gasteiger partial charge in [0.1, 0.15) is 5.82 Å². The molecular weight excluding hydrogens is 282 g/mol. The molecule has 0 amide bonds. The molecule has 0 radical (unpaired) electrons. The molecule has 0 bridgehead atoms. The first-order chi connectivity index (χ1) is 10.7. The van der Waals surface area contributed by atoms with Gasteiger partial charge in [0.15, 0.2) is 11.2 Å². The molecule has 0 aromatic carbocycles. The Morgan fingerprint density at radius 1 is 1.32 bits per heavy atom. The Morgan fingerprint density at radius 2 is 2.05 bits per heavy atom. The lowest BCUT2D eigenvalue weighted by molar-refractivity contribution is 0.569. The number of imidazole rings is 1. The molecule has 1 saturated heterocycles. The van der Waals surface area contributed by atoms with Gasteiger partial charge in [0.25, 0.3) is 5.56 Å². The second-order valence-electron chi connectivity index (χ2n) is 5.29. The number of piperazine rings is 1. The summed E-state index contributed by atoms with van der Waals surface area (Å²) in [7, 11) is 1.65. The zero-order valence-electron chi connectivity index (χ0n) is 12.8. The van der Waals surface area contributed by atoms with Crippen LogP contribution in [0.4, 0.5) is 5.95 Å². The molecule has 0 saturated carbocycles. The molecule has 2 aromatic rings. The van der Waals surface area contributed by atoms with Crippen molar-refractivity contribution in [1.82, 2.24) is 24.4 Å². The lowest BCUT2D eigenvalue weighted by Gasteiger charge is -2.28. The molecule has 2 aromatic heterocycles. The second kappa shape index (κ2) is 5.77. The van der Waals surface area contributed by atoms with Crippen molar-refractivity contribution in [3.05, 3.63) is 16.2 Å². The minimum Gasteiger partial charge on any atom is -0.340 e. The number of rotatable bonds is 3. The highest BCUT2D eigenvalue weighted by atomic mass is 16.1. The average Bonchev–Trinajstić information content (AvgIpc) is 2.92. The van der Waals surface area contributed by atoms with Crippen molar-refractivity contribution in [3.63, 3.8) is 0 Å². The molecule has 8 heteroatoms. The maximum absolute atomic E-state index is 12.6. The van der Waals surface area contributed by atoms with Crippen LogP contribution in [-0.2, 0) is 20.0 Å². The molecule has 1 aliphatic heterocycles. The fourth-order valence-corrected chi connectivity index (χ4v) is 2.83. The SMILES string of the molecule is CCn1c(N2CCNCC2)nc2nc(CC#N)n(C)c(=O)c21. The van der Waals surface area contributed by atoms with Gasteiger partial charge in [-0.1, -0.05) is 0 Å². The van der Waals surface area contributed by atoms with Crippen LogP contribution >= 0.6 is 0 Å². The summed E-state index contributed by atoms with van der Waals surface area (Å²) in [5.74, 6) is 1.24. The summed E-state index contributed by atoms with van der Waals surface area (Å²) in [6, 6.07) is 2.04. The van der Waals surface area contributed by atoms with Crippen LogP contribution in [0.2, 0.25) is 0 Å². The van der Waals surface area contributed by atoms with Gasteiger partial charge in [0.05, 0.1) is 12.5 Å². The van der Waals surface area contributed by atoms with Crippen molar-refractivity contribution in [1.29, 1.82) is 5.26 Å². The summed E-state index contributed by atoms with van der Waals surface area (Å²) >= 11 is 0. The van der Waals surface area contributed by atoms with E-state index in [-0.39, 0.29) is 12.0 Å². The molecule has 0 atom stereocenters. The molecule has 3 heterocycles. The third-order valence-electron chi connectivity index (χ3n) is 4.01. The third-order valence-corrected chi connectivity index (χ3v) is 4.01. The van der Waals surface area contributed by atoms with E-state index in [9.17, 15) is 4.79 Å². The molecular formula is C14H19N7O. The third kappa shape index (κ3) is 2.23. The van der Waals surface area contributed by atoms with Gasteiger partial charge in [0.2, 0.25) is 5.95 Å². The topological polar surface area (TPSA) is 91.8 Å². The smallest absolute Gasteiger partial charge is 0.279 e. The molecule has 1 N–H and O–H groups in total. The highest BCUT2D eigenvalue weighted by Crippen LogP contribution is 2.20. The van der Waals surface area contributed by atoms with Crippen LogP contribution in [0.1, 0.15) is 12.7 Å². The van der Waals surface area contributed by atoms with Gasteiger partial charge in [-0.2, -0.15) is 10.2 Å². The van der Waals surface area contributed by atoms with Gasteiger partial charge in [-0.15, -0.1) is 0 Å². The molecule has 22 heavy (non-hydrogen) atoms. The number of nitriles is 1. The normalized spacial score (nSPS) is 15.2. The molecule has 1 fully saturated rings. The van der Waals surface area contributed by atoms with Crippen LogP contribution in [0.5, 0.6) is 0 Å². The molecule has 0 unspecified atom stereocenters. The molecule has 3 rings (SSSR count). The number of hydrogen-bond donors (Lipinski definition) is 1. The molecule has 8 nitrogen and oxygen atoms in total. The number of aromatic nitrogens is 4. The number of fused-ring (bicyclic) bond motifs is 1. The summed E-state index contributed by atoms with van der Waals surface area (Å²) in [5, 5.41) is 12.2. The molecule has 0 aliphatic carbocycles. The summed E-state index contributed by atoms with van der Waals surface area (Å²) in [5.41, 5.74) is 0.801. The zero-order chi connectivity index (χ0) is 15.7. The fourth-order valence-electron chi connectivity index (χ4n) is 2.83. The van der Waals surface area contributed by atoms with Crippen molar-refractivity contribution in [2.45, 2.75) is 19.9 Å². The number of aryl methyl sites for hydroxylation is 1. The lowest BCUT2D eigenvalue weighted by Crippen LogP contribution is -2.44. The minimum atomic E-state index is -0.147. The summed E-state index contributed by atoms with van der Waals surface area (Å²) < 4.78 is 3.37. The van der Waals surface area contributed by atoms with Gasteiger partial charge < -0.3 is 14.8 Å². The van der Waals surface area contributed by atoms with Gasteiger partial charge >= 0.3 is 0 Å². The second-order valence-corrected chi connectivity index (χ2v) is 5.29. The van der Waals surface area contributed by atoms with Crippen molar-refractivity contribution in [3.8, 4) is 6.07 Å². The lowest BCUT2D eigenvalue weighted by atomic mass is 10.4. The van der Waals surface area contributed by atoms with Crippen LogP contribution in [0.25, 0.3) is 11.2 Å². The zero-order valence-corrected chi connectivity index (χ0v) is 12.8. The predicted molar refractivity (Wildman–Crippen MR) is 82.8 cm³/mol.